The Balaban J connectivity index is 1.42. The van der Waals surface area contributed by atoms with Gasteiger partial charge in [0.05, 0.1) is 46.6 Å². The Hall–Kier alpha value is -6.97. The lowest BCUT2D eigenvalue weighted by Crippen LogP contribution is -2.75. The fourth-order valence-corrected chi connectivity index (χ4v) is 12.4. The summed E-state index contributed by atoms with van der Waals surface area (Å²) in [5, 5.41) is 26.9. The molecule has 0 aliphatic carbocycles. The minimum atomic E-state index is -3.00. The highest BCUT2D eigenvalue weighted by molar-refractivity contribution is 7.20. The summed E-state index contributed by atoms with van der Waals surface area (Å²) in [5.41, 5.74) is 6.31. The Bertz CT molecular complexity index is 2580. The van der Waals surface area contributed by atoms with E-state index < -0.39 is 8.07 Å². The quantitative estimate of drug-likeness (QED) is 0.104. The number of aromatic nitrogens is 1. The van der Waals surface area contributed by atoms with E-state index in [1.165, 1.54) is 15.6 Å². The summed E-state index contributed by atoms with van der Waals surface area (Å²) < 4.78 is 2.13. The molecule has 0 aliphatic rings. The van der Waals surface area contributed by atoms with Crippen molar-refractivity contribution in [3.63, 3.8) is 0 Å². The summed E-state index contributed by atoms with van der Waals surface area (Å²) in [6.07, 6.45) is 0. The summed E-state index contributed by atoms with van der Waals surface area (Å²) >= 11 is 0. The molecule has 4 nitrogen and oxygen atoms in total. The topological polar surface area (TPSA) is 56.9 Å². The van der Waals surface area contributed by atoms with Crippen LogP contribution in [0.1, 0.15) is 11.1 Å². The molecule has 8 rings (SSSR count). The molecule has 0 unspecified atom stereocenters. The van der Waals surface area contributed by atoms with Crippen LogP contribution in [-0.2, 0) is 0 Å². The number of para-hydroxylation sites is 1. The van der Waals surface area contributed by atoms with E-state index in [0.29, 0.717) is 16.8 Å². The van der Waals surface area contributed by atoms with Gasteiger partial charge in [-0.1, -0.05) is 133 Å². The average molecular weight is 653 g/mol. The molecule has 0 radical (unpaired) electrons. The normalized spacial score (nSPS) is 11.1. The third-order valence-electron chi connectivity index (χ3n) is 9.64. The second-order valence-electron chi connectivity index (χ2n) is 12.2. The van der Waals surface area contributed by atoms with Crippen LogP contribution in [0.4, 0.5) is 5.69 Å². The first kappa shape index (κ1) is 30.4. The highest BCUT2D eigenvalue weighted by Crippen LogP contribution is 2.38. The Morgan fingerprint density at radius 3 is 1.68 bits per heavy atom. The molecule has 0 N–H and O–H groups in total. The first-order valence-electron chi connectivity index (χ1n) is 16.3. The van der Waals surface area contributed by atoms with E-state index in [-0.39, 0.29) is 0 Å². The molecule has 0 fully saturated rings. The van der Waals surface area contributed by atoms with Crippen molar-refractivity contribution in [1.29, 1.82) is 10.5 Å². The number of fused-ring (bicyclic) bond motifs is 3. The Morgan fingerprint density at radius 1 is 0.520 bits per heavy atom. The molecule has 50 heavy (non-hydrogen) atoms. The molecule has 0 atom stereocenters. The molecule has 0 aliphatic heterocycles. The highest BCUT2D eigenvalue weighted by Gasteiger charge is 2.43. The predicted molar refractivity (Wildman–Crippen MR) is 206 cm³/mol. The van der Waals surface area contributed by atoms with Crippen molar-refractivity contribution in [1.82, 2.24) is 4.57 Å². The van der Waals surface area contributed by atoms with E-state index in [1.807, 2.05) is 72.8 Å². The van der Waals surface area contributed by atoms with Gasteiger partial charge in [-0.3, -0.25) is 0 Å². The van der Waals surface area contributed by atoms with Crippen molar-refractivity contribution in [3.05, 3.63) is 192 Å². The van der Waals surface area contributed by atoms with Crippen molar-refractivity contribution in [2.24, 2.45) is 0 Å². The number of hydrogen-bond acceptors (Lipinski definition) is 2. The van der Waals surface area contributed by atoms with E-state index in [9.17, 15) is 10.5 Å². The fraction of sp³-hybridized carbons (Fsp3) is 0. The molecule has 7 aromatic carbocycles. The first-order valence-corrected chi connectivity index (χ1v) is 18.3. The minimum absolute atomic E-state index is 0.524. The van der Waals surface area contributed by atoms with Crippen LogP contribution < -0.4 is 20.7 Å². The fourth-order valence-electron chi connectivity index (χ4n) is 7.44. The standard InChI is InChI=1S/C45H28N4Si/c1-48-41-25-24-33(28-44(41)49-42-20-12-11-19-39(42)40-27-32(30-46)21-26-43(40)49)34-22-23-35(31-47)45(29-34)50(36-13-5-2-6-14-36,37-15-7-3-8-16-37)38-17-9-4-10-18-38/h2-29H. The number of rotatable bonds is 6. The molecule has 1 heterocycles. The van der Waals surface area contributed by atoms with Crippen molar-refractivity contribution in [2.45, 2.75) is 0 Å². The average Bonchev–Trinajstić information content (AvgIpc) is 3.52. The Kier molecular flexibility index (Phi) is 7.63. The van der Waals surface area contributed by atoms with E-state index in [4.69, 9.17) is 6.57 Å². The zero-order valence-electron chi connectivity index (χ0n) is 27.0. The van der Waals surface area contributed by atoms with Gasteiger partial charge in [-0.15, -0.1) is 0 Å². The van der Waals surface area contributed by atoms with Crippen molar-refractivity contribution >= 4 is 56.3 Å². The molecule has 8 aromatic rings. The molecule has 0 bridgehead atoms. The van der Waals surface area contributed by atoms with E-state index in [1.54, 1.807) is 0 Å². The maximum atomic E-state index is 10.7. The summed E-state index contributed by atoms with van der Waals surface area (Å²) in [6, 6.07) is 62.6. The molecule has 1 aromatic heterocycles. The van der Waals surface area contributed by atoms with Crippen LogP contribution in [0.25, 0.3) is 43.5 Å². The summed E-state index contributed by atoms with van der Waals surface area (Å²) in [6.45, 7) is 8.14. The Morgan fingerprint density at radius 2 is 1.08 bits per heavy atom. The monoisotopic (exact) mass is 652 g/mol. The number of nitrogens with zero attached hydrogens (tertiary/aromatic N) is 4. The van der Waals surface area contributed by atoms with Crippen LogP contribution in [0, 0.1) is 29.2 Å². The van der Waals surface area contributed by atoms with Crippen molar-refractivity contribution in [3.8, 4) is 29.0 Å². The van der Waals surface area contributed by atoms with Crippen LogP contribution in [0.15, 0.2) is 170 Å². The number of hydrogen-bond donors (Lipinski definition) is 0. The van der Waals surface area contributed by atoms with E-state index in [2.05, 4.69) is 119 Å². The van der Waals surface area contributed by atoms with Gasteiger partial charge >= 0.3 is 0 Å². The SMILES string of the molecule is [C-]#[N+]c1ccc(-c2ccc(C#N)c([Si](c3ccccc3)(c3ccccc3)c3ccccc3)c2)cc1-n1c2ccccc2c2cc(C#N)ccc21. The van der Waals surface area contributed by atoms with Crippen LogP contribution in [0.2, 0.25) is 0 Å². The molecule has 0 amide bonds. The number of nitriles is 2. The maximum Gasteiger partial charge on any atom is 0.210 e. The van der Waals surface area contributed by atoms with Gasteiger partial charge in [0, 0.05) is 10.8 Å². The predicted octanol–water partition coefficient (Wildman–Crippen LogP) is 8.12. The molecular formula is C45H28N4Si. The third-order valence-corrected chi connectivity index (χ3v) is 14.5. The second kappa shape index (κ2) is 12.6. The lowest BCUT2D eigenvalue weighted by atomic mass is 10.0. The molecule has 0 spiro atoms. The van der Waals surface area contributed by atoms with Crippen LogP contribution >= 0.6 is 0 Å². The highest BCUT2D eigenvalue weighted by atomic mass is 28.3. The lowest BCUT2D eigenvalue weighted by Gasteiger charge is -2.35. The zero-order chi connectivity index (χ0) is 34.1. The van der Waals surface area contributed by atoms with Gasteiger partial charge in [0.25, 0.3) is 0 Å². The molecule has 5 heteroatoms. The molecular weight excluding hydrogens is 625 g/mol. The van der Waals surface area contributed by atoms with Gasteiger partial charge in [-0.05, 0) is 68.3 Å². The minimum Gasteiger partial charge on any atom is -0.319 e. The van der Waals surface area contributed by atoms with Gasteiger partial charge < -0.3 is 4.57 Å². The van der Waals surface area contributed by atoms with Crippen LogP contribution in [-0.4, -0.2) is 12.6 Å². The van der Waals surface area contributed by atoms with Crippen LogP contribution in [0.3, 0.4) is 0 Å². The zero-order valence-corrected chi connectivity index (χ0v) is 28.0. The largest absolute Gasteiger partial charge is 0.319 e. The molecule has 0 saturated carbocycles. The molecule has 232 valence electrons. The lowest BCUT2D eigenvalue weighted by molar-refractivity contribution is 1.19. The Labute approximate surface area is 291 Å². The first-order chi connectivity index (χ1) is 24.7. The summed E-state index contributed by atoms with van der Waals surface area (Å²) in [4.78, 5) is 3.95. The smallest absolute Gasteiger partial charge is 0.210 e. The van der Waals surface area contributed by atoms with Gasteiger partial charge in [-0.25, -0.2) is 4.85 Å². The van der Waals surface area contributed by atoms with Crippen molar-refractivity contribution < 1.29 is 0 Å². The third kappa shape index (κ3) is 4.80. The van der Waals surface area contributed by atoms with Gasteiger partial charge in [0.1, 0.15) is 0 Å². The van der Waals surface area contributed by atoms with Gasteiger partial charge in [0.15, 0.2) is 8.07 Å². The summed E-state index contributed by atoms with van der Waals surface area (Å²) in [7, 11) is -3.00. The van der Waals surface area contributed by atoms with E-state index in [0.717, 1.165) is 43.8 Å². The second-order valence-corrected chi connectivity index (χ2v) is 16.0. The van der Waals surface area contributed by atoms with Crippen LogP contribution in [0.5, 0.6) is 0 Å². The summed E-state index contributed by atoms with van der Waals surface area (Å²) in [5.74, 6) is 0. The number of benzene rings is 7. The maximum absolute atomic E-state index is 10.7. The molecule has 0 saturated heterocycles. The van der Waals surface area contributed by atoms with E-state index >= 15 is 0 Å². The van der Waals surface area contributed by atoms with Gasteiger partial charge in [0.2, 0.25) is 5.69 Å². The van der Waals surface area contributed by atoms with Crippen molar-refractivity contribution in [2.75, 3.05) is 0 Å². The van der Waals surface area contributed by atoms with Gasteiger partial charge in [-0.2, -0.15) is 10.5 Å².